The van der Waals surface area contributed by atoms with E-state index in [1.165, 1.54) is 44.1 Å². The van der Waals surface area contributed by atoms with Crippen LogP contribution in [-0.4, -0.2) is 45.9 Å². The molecule has 1 aromatic carbocycles. The molecule has 0 aromatic heterocycles. The monoisotopic (exact) mass is 383 g/mol. The molecule has 1 saturated heterocycles. The van der Waals surface area contributed by atoms with Gasteiger partial charge in [0, 0.05) is 11.6 Å². The normalized spacial score (nSPS) is 39.5. The van der Waals surface area contributed by atoms with E-state index in [4.69, 9.17) is 4.74 Å². The summed E-state index contributed by atoms with van der Waals surface area (Å²) in [5, 5.41) is 22.7. The highest BCUT2D eigenvalue weighted by molar-refractivity contribution is 5.62. The van der Waals surface area contributed by atoms with Crippen molar-refractivity contribution in [1.29, 1.82) is 0 Å². The van der Waals surface area contributed by atoms with E-state index in [0.29, 0.717) is 5.75 Å². The van der Waals surface area contributed by atoms with Crippen LogP contribution < -0.4 is 4.74 Å². The molecule has 3 fully saturated rings. The number of hydrogen-bond acceptors (Lipinski definition) is 4. The number of nitrogens with zero attached hydrogens (tertiary/aromatic N) is 1. The number of rotatable bonds is 3. The summed E-state index contributed by atoms with van der Waals surface area (Å²) < 4.78 is 6.34. The van der Waals surface area contributed by atoms with E-state index in [1.807, 2.05) is 0 Å². The molecule has 4 atom stereocenters. The van der Waals surface area contributed by atoms with Gasteiger partial charge in [0.05, 0.1) is 11.0 Å². The van der Waals surface area contributed by atoms with Crippen molar-refractivity contribution in [2.45, 2.75) is 93.8 Å². The SMILES string of the molecule is Oc1ccc2c3c1O[C@H]1CCC[C@@]4(O)[C@@H](C2)N(CCC2CCCCC2)CC[C@]314. The third-order valence-corrected chi connectivity index (χ3v) is 9.02. The molecule has 2 bridgehead atoms. The number of phenolic OH excluding ortho intramolecular Hbond substituents is 1. The number of benzene rings is 1. The Hall–Kier alpha value is -1.26. The first-order valence-corrected chi connectivity index (χ1v) is 11.6. The summed E-state index contributed by atoms with van der Waals surface area (Å²) in [6.45, 7) is 2.17. The van der Waals surface area contributed by atoms with E-state index < -0.39 is 5.60 Å². The average Bonchev–Trinajstić information content (AvgIpc) is 3.04. The lowest BCUT2D eigenvalue weighted by Gasteiger charge is -2.63. The second-order valence-corrected chi connectivity index (χ2v) is 10.1. The van der Waals surface area contributed by atoms with Crippen molar-refractivity contribution >= 4 is 0 Å². The highest BCUT2D eigenvalue weighted by Gasteiger charge is 2.70. The van der Waals surface area contributed by atoms with E-state index in [2.05, 4.69) is 11.0 Å². The maximum absolute atomic E-state index is 12.2. The lowest BCUT2D eigenvalue weighted by atomic mass is 9.49. The number of phenols is 1. The van der Waals surface area contributed by atoms with Crippen LogP contribution in [0.4, 0.5) is 0 Å². The maximum atomic E-state index is 12.2. The highest BCUT2D eigenvalue weighted by atomic mass is 16.5. The summed E-state index contributed by atoms with van der Waals surface area (Å²) in [6.07, 6.45) is 13.0. The zero-order chi connectivity index (χ0) is 18.9. The molecule has 2 N–H and O–H groups in total. The Balaban J connectivity index is 1.36. The van der Waals surface area contributed by atoms with Gasteiger partial charge in [-0.05, 0) is 69.2 Å². The van der Waals surface area contributed by atoms with Crippen LogP contribution in [0.2, 0.25) is 0 Å². The molecule has 5 aliphatic rings. The van der Waals surface area contributed by atoms with E-state index in [1.54, 1.807) is 6.07 Å². The van der Waals surface area contributed by atoms with Crippen molar-refractivity contribution in [3.05, 3.63) is 23.3 Å². The Labute approximate surface area is 167 Å². The Kier molecular flexibility index (Phi) is 3.84. The lowest BCUT2D eigenvalue weighted by molar-refractivity contribution is -0.185. The van der Waals surface area contributed by atoms with Crippen LogP contribution in [0, 0.1) is 5.92 Å². The Morgan fingerprint density at radius 1 is 1.07 bits per heavy atom. The minimum Gasteiger partial charge on any atom is -0.504 e. The van der Waals surface area contributed by atoms with Gasteiger partial charge in [-0.3, -0.25) is 4.90 Å². The van der Waals surface area contributed by atoms with Crippen LogP contribution in [0.25, 0.3) is 0 Å². The second kappa shape index (κ2) is 6.12. The molecular weight excluding hydrogens is 350 g/mol. The number of hydrogen-bond donors (Lipinski definition) is 2. The summed E-state index contributed by atoms with van der Waals surface area (Å²) in [7, 11) is 0. The summed E-state index contributed by atoms with van der Waals surface area (Å²) in [4.78, 5) is 2.62. The molecule has 2 saturated carbocycles. The molecule has 2 heterocycles. The zero-order valence-corrected chi connectivity index (χ0v) is 16.8. The van der Waals surface area contributed by atoms with Crippen LogP contribution in [0.3, 0.4) is 0 Å². The summed E-state index contributed by atoms with van der Waals surface area (Å²) in [5.74, 6) is 1.81. The summed E-state index contributed by atoms with van der Waals surface area (Å²) in [5.41, 5.74) is 1.43. The molecule has 6 rings (SSSR count). The molecule has 0 radical (unpaired) electrons. The quantitative estimate of drug-likeness (QED) is 0.831. The smallest absolute Gasteiger partial charge is 0.165 e. The van der Waals surface area contributed by atoms with Crippen LogP contribution in [-0.2, 0) is 11.8 Å². The van der Waals surface area contributed by atoms with Gasteiger partial charge in [0.25, 0.3) is 0 Å². The molecular formula is C24H33NO3. The first-order valence-electron chi connectivity index (χ1n) is 11.6. The Morgan fingerprint density at radius 2 is 1.93 bits per heavy atom. The summed E-state index contributed by atoms with van der Waals surface area (Å²) in [6, 6.07) is 4.08. The largest absolute Gasteiger partial charge is 0.504 e. The first-order chi connectivity index (χ1) is 13.6. The predicted molar refractivity (Wildman–Crippen MR) is 108 cm³/mol. The second-order valence-electron chi connectivity index (χ2n) is 10.1. The number of likely N-dealkylation sites (tertiary alicyclic amines) is 1. The molecule has 0 amide bonds. The van der Waals surface area contributed by atoms with Crippen molar-refractivity contribution in [3.8, 4) is 11.5 Å². The molecule has 1 aromatic rings. The van der Waals surface area contributed by atoms with Gasteiger partial charge in [-0.2, -0.15) is 0 Å². The van der Waals surface area contributed by atoms with Crippen LogP contribution in [0.1, 0.15) is 75.3 Å². The highest BCUT2D eigenvalue weighted by Crippen LogP contribution is 2.65. The van der Waals surface area contributed by atoms with Crippen LogP contribution in [0.15, 0.2) is 12.1 Å². The van der Waals surface area contributed by atoms with Crippen molar-refractivity contribution in [1.82, 2.24) is 4.90 Å². The number of aromatic hydroxyl groups is 1. The van der Waals surface area contributed by atoms with Gasteiger partial charge in [-0.15, -0.1) is 0 Å². The molecule has 0 unspecified atom stereocenters. The molecule has 1 spiro atoms. The Bertz CT molecular complexity index is 788. The molecule has 28 heavy (non-hydrogen) atoms. The van der Waals surface area contributed by atoms with Gasteiger partial charge in [-0.1, -0.05) is 38.2 Å². The fraction of sp³-hybridized carbons (Fsp3) is 0.750. The number of aliphatic hydroxyl groups is 1. The van der Waals surface area contributed by atoms with E-state index in [9.17, 15) is 10.2 Å². The van der Waals surface area contributed by atoms with Gasteiger partial charge in [0.15, 0.2) is 11.5 Å². The van der Waals surface area contributed by atoms with Gasteiger partial charge in [-0.25, -0.2) is 0 Å². The minimum absolute atomic E-state index is 0.0246. The predicted octanol–water partition coefficient (Wildman–Crippen LogP) is 3.91. The fourth-order valence-electron chi connectivity index (χ4n) is 7.72. The Morgan fingerprint density at radius 3 is 2.79 bits per heavy atom. The van der Waals surface area contributed by atoms with Crippen molar-refractivity contribution < 1.29 is 14.9 Å². The molecule has 152 valence electrons. The maximum Gasteiger partial charge on any atom is 0.165 e. The molecule has 2 aliphatic heterocycles. The molecule has 3 aliphatic carbocycles. The topological polar surface area (TPSA) is 52.9 Å². The third kappa shape index (κ3) is 2.14. The number of ether oxygens (including phenoxy) is 1. The van der Waals surface area contributed by atoms with E-state index >= 15 is 0 Å². The first kappa shape index (κ1) is 17.6. The molecule has 4 nitrogen and oxygen atoms in total. The minimum atomic E-state index is -0.716. The zero-order valence-electron chi connectivity index (χ0n) is 16.8. The summed E-state index contributed by atoms with van der Waals surface area (Å²) >= 11 is 0. The van der Waals surface area contributed by atoms with Crippen molar-refractivity contribution in [2.75, 3.05) is 13.1 Å². The van der Waals surface area contributed by atoms with Gasteiger partial charge >= 0.3 is 0 Å². The van der Waals surface area contributed by atoms with E-state index in [0.717, 1.165) is 56.7 Å². The van der Waals surface area contributed by atoms with Gasteiger partial charge in [0.1, 0.15) is 6.10 Å². The van der Waals surface area contributed by atoms with Gasteiger partial charge in [0.2, 0.25) is 0 Å². The average molecular weight is 384 g/mol. The van der Waals surface area contributed by atoms with Crippen LogP contribution in [0.5, 0.6) is 11.5 Å². The van der Waals surface area contributed by atoms with Crippen molar-refractivity contribution in [3.63, 3.8) is 0 Å². The third-order valence-electron chi connectivity index (χ3n) is 9.02. The number of piperidine rings is 1. The molecule has 4 heteroatoms. The standard InChI is InChI=1S/C24H33NO3/c26-18-9-8-17-15-19-24(27)11-4-7-20-23(24,21(17)22(18)28-20)12-14-25(19)13-10-16-5-2-1-3-6-16/h8-9,16,19-20,26-27H,1-7,10-15H2/t19-,20+,23-,24-/m1/s1. The lowest BCUT2D eigenvalue weighted by Crippen LogP contribution is -2.75. The van der Waals surface area contributed by atoms with Gasteiger partial charge < -0.3 is 14.9 Å². The van der Waals surface area contributed by atoms with E-state index in [-0.39, 0.29) is 23.3 Å². The van der Waals surface area contributed by atoms with Crippen LogP contribution >= 0.6 is 0 Å². The van der Waals surface area contributed by atoms with Crippen molar-refractivity contribution in [2.24, 2.45) is 5.92 Å². The fourth-order valence-corrected chi connectivity index (χ4v) is 7.72.